The summed E-state index contributed by atoms with van der Waals surface area (Å²) >= 11 is 0. The molecule has 0 bridgehead atoms. The van der Waals surface area contributed by atoms with Gasteiger partial charge in [0, 0.05) is 19.0 Å². The van der Waals surface area contributed by atoms with Crippen LogP contribution in [0.5, 0.6) is 0 Å². The molecular weight excluding hydrogens is 337 g/mol. The molecule has 1 unspecified atom stereocenters. The first-order chi connectivity index (χ1) is 11.8. The SMILES string of the molecule is O=C(Cc1ccccc1C(F)(F)F)NC1CCc2n[nH]c(=O)n2CC1. The van der Waals surface area contributed by atoms with Crippen LogP contribution in [0.2, 0.25) is 0 Å². The molecule has 0 fully saturated rings. The fraction of sp³-hybridized carbons (Fsp3) is 0.438. The smallest absolute Gasteiger partial charge is 0.353 e. The highest BCUT2D eigenvalue weighted by molar-refractivity contribution is 5.79. The molecule has 25 heavy (non-hydrogen) atoms. The van der Waals surface area contributed by atoms with Crippen LogP contribution in [-0.4, -0.2) is 26.7 Å². The van der Waals surface area contributed by atoms with Gasteiger partial charge in [0.15, 0.2) is 0 Å². The van der Waals surface area contributed by atoms with E-state index in [-0.39, 0.29) is 23.7 Å². The van der Waals surface area contributed by atoms with Gasteiger partial charge in [0.05, 0.1) is 12.0 Å². The summed E-state index contributed by atoms with van der Waals surface area (Å²) in [7, 11) is 0. The van der Waals surface area contributed by atoms with Gasteiger partial charge in [-0.25, -0.2) is 9.89 Å². The van der Waals surface area contributed by atoms with Gasteiger partial charge in [0.1, 0.15) is 5.82 Å². The molecule has 2 aromatic rings. The lowest BCUT2D eigenvalue weighted by molar-refractivity contribution is -0.138. The van der Waals surface area contributed by atoms with E-state index in [0.717, 1.165) is 6.07 Å². The minimum atomic E-state index is -4.49. The van der Waals surface area contributed by atoms with Crippen LogP contribution in [0, 0.1) is 0 Å². The zero-order chi connectivity index (χ0) is 18.0. The number of nitrogens with zero attached hydrogens (tertiary/aromatic N) is 2. The molecule has 134 valence electrons. The number of halogens is 3. The minimum Gasteiger partial charge on any atom is -0.353 e. The number of hydrogen-bond donors (Lipinski definition) is 2. The van der Waals surface area contributed by atoms with Crippen molar-refractivity contribution in [3.63, 3.8) is 0 Å². The number of amides is 1. The molecule has 2 heterocycles. The van der Waals surface area contributed by atoms with Crippen molar-refractivity contribution in [2.45, 2.75) is 44.4 Å². The lowest BCUT2D eigenvalue weighted by atomic mass is 10.0. The summed E-state index contributed by atoms with van der Waals surface area (Å²) in [5.74, 6) is 0.166. The molecule has 1 aliphatic heterocycles. The van der Waals surface area contributed by atoms with Gasteiger partial charge in [0.2, 0.25) is 5.91 Å². The van der Waals surface area contributed by atoms with E-state index in [1.54, 1.807) is 0 Å². The minimum absolute atomic E-state index is 0.0505. The van der Waals surface area contributed by atoms with Gasteiger partial charge in [-0.3, -0.25) is 9.36 Å². The number of carbonyl (C=O) groups is 1. The maximum atomic E-state index is 13.0. The number of benzene rings is 1. The number of carbonyl (C=O) groups excluding carboxylic acids is 1. The van der Waals surface area contributed by atoms with Gasteiger partial charge >= 0.3 is 11.9 Å². The maximum Gasteiger partial charge on any atom is 0.416 e. The second-order valence-electron chi connectivity index (χ2n) is 6.02. The number of aryl methyl sites for hydroxylation is 1. The fourth-order valence-electron chi connectivity index (χ4n) is 3.05. The third-order valence-corrected chi connectivity index (χ3v) is 4.29. The average Bonchev–Trinajstić information content (AvgIpc) is 2.77. The third kappa shape index (κ3) is 3.92. The molecule has 1 atom stereocenters. The normalized spacial score (nSPS) is 17.6. The van der Waals surface area contributed by atoms with Gasteiger partial charge < -0.3 is 5.32 Å². The number of fused-ring (bicyclic) bond motifs is 1. The molecule has 3 rings (SSSR count). The molecule has 9 heteroatoms. The van der Waals surface area contributed by atoms with Gasteiger partial charge in [-0.15, -0.1) is 0 Å². The standard InChI is InChI=1S/C16H17F3N4O2/c17-16(18,19)12-4-2-1-3-10(12)9-14(24)20-11-5-6-13-21-22-15(25)23(13)8-7-11/h1-4,11H,5-9H2,(H,20,24)(H,22,25). The largest absolute Gasteiger partial charge is 0.416 e. The van der Waals surface area contributed by atoms with Crippen LogP contribution in [0.1, 0.15) is 29.8 Å². The van der Waals surface area contributed by atoms with Crippen molar-refractivity contribution in [1.29, 1.82) is 0 Å². The van der Waals surface area contributed by atoms with Crippen molar-refractivity contribution in [2.24, 2.45) is 0 Å². The molecule has 1 aromatic heterocycles. The van der Waals surface area contributed by atoms with Crippen LogP contribution in [0.25, 0.3) is 0 Å². The van der Waals surface area contributed by atoms with Crippen molar-refractivity contribution < 1.29 is 18.0 Å². The van der Waals surface area contributed by atoms with E-state index in [9.17, 15) is 22.8 Å². The lowest BCUT2D eigenvalue weighted by Gasteiger charge is -2.17. The topological polar surface area (TPSA) is 79.8 Å². The Morgan fingerprint density at radius 2 is 2.08 bits per heavy atom. The van der Waals surface area contributed by atoms with Crippen molar-refractivity contribution >= 4 is 5.91 Å². The Morgan fingerprint density at radius 3 is 2.84 bits per heavy atom. The molecule has 1 amide bonds. The molecule has 0 radical (unpaired) electrons. The predicted molar refractivity (Wildman–Crippen MR) is 82.9 cm³/mol. The number of alkyl halides is 3. The van der Waals surface area contributed by atoms with Crippen LogP contribution in [-0.2, 0) is 30.4 Å². The van der Waals surface area contributed by atoms with Gasteiger partial charge in [-0.1, -0.05) is 18.2 Å². The number of hydrogen-bond acceptors (Lipinski definition) is 3. The van der Waals surface area contributed by atoms with Gasteiger partial charge in [0.25, 0.3) is 0 Å². The maximum absolute atomic E-state index is 13.0. The monoisotopic (exact) mass is 354 g/mol. The zero-order valence-corrected chi connectivity index (χ0v) is 13.3. The Balaban J connectivity index is 1.63. The number of H-pyrrole nitrogens is 1. The van der Waals surface area contributed by atoms with Crippen LogP contribution in [0.15, 0.2) is 29.1 Å². The van der Waals surface area contributed by atoms with E-state index >= 15 is 0 Å². The van der Waals surface area contributed by atoms with E-state index in [1.807, 2.05) is 0 Å². The molecule has 1 aromatic carbocycles. The van der Waals surface area contributed by atoms with Crippen molar-refractivity contribution in [3.8, 4) is 0 Å². The summed E-state index contributed by atoms with van der Waals surface area (Å²) in [6.45, 7) is 0.411. The summed E-state index contributed by atoms with van der Waals surface area (Å²) < 4.78 is 40.5. The van der Waals surface area contributed by atoms with E-state index in [2.05, 4.69) is 15.5 Å². The van der Waals surface area contributed by atoms with E-state index in [1.165, 1.54) is 22.8 Å². The number of aromatic amines is 1. The molecule has 0 saturated carbocycles. The molecule has 0 aliphatic carbocycles. The quantitative estimate of drug-likeness (QED) is 0.880. The highest BCUT2D eigenvalue weighted by Crippen LogP contribution is 2.32. The summed E-state index contributed by atoms with van der Waals surface area (Å²) in [5.41, 5.74) is -1.13. The molecule has 6 nitrogen and oxygen atoms in total. The Hall–Kier alpha value is -2.58. The van der Waals surface area contributed by atoms with Crippen molar-refractivity contribution in [3.05, 3.63) is 51.7 Å². The first-order valence-corrected chi connectivity index (χ1v) is 7.93. The lowest BCUT2D eigenvalue weighted by Crippen LogP contribution is -2.36. The first kappa shape index (κ1) is 17.2. The third-order valence-electron chi connectivity index (χ3n) is 4.29. The van der Waals surface area contributed by atoms with Crippen LogP contribution < -0.4 is 11.0 Å². The Bertz CT molecular complexity index is 825. The molecular formula is C16H17F3N4O2. The average molecular weight is 354 g/mol. The van der Waals surface area contributed by atoms with Gasteiger partial charge in [-0.05, 0) is 24.5 Å². The molecule has 2 N–H and O–H groups in total. The van der Waals surface area contributed by atoms with E-state index in [0.29, 0.717) is 31.6 Å². The Kier molecular flexibility index (Phi) is 4.65. The second-order valence-corrected chi connectivity index (χ2v) is 6.02. The summed E-state index contributed by atoms with van der Waals surface area (Å²) in [6, 6.07) is 4.86. The van der Waals surface area contributed by atoms with Crippen LogP contribution in [0.3, 0.4) is 0 Å². The zero-order valence-electron chi connectivity index (χ0n) is 13.3. The number of rotatable bonds is 3. The molecule has 0 spiro atoms. The predicted octanol–water partition coefficient (Wildman–Crippen LogP) is 1.65. The Morgan fingerprint density at radius 1 is 1.32 bits per heavy atom. The Labute approximate surface area is 141 Å². The van der Waals surface area contributed by atoms with E-state index < -0.39 is 17.6 Å². The molecule has 1 aliphatic rings. The van der Waals surface area contributed by atoms with Crippen LogP contribution >= 0.6 is 0 Å². The molecule has 0 saturated heterocycles. The first-order valence-electron chi connectivity index (χ1n) is 7.93. The summed E-state index contributed by atoms with van der Waals surface area (Å²) in [5, 5.41) is 9.07. The second kappa shape index (κ2) is 6.73. The van der Waals surface area contributed by atoms with Crippen molar-refractivity contribution in [1.82, 2.24) is 20.1 Å². The summed E-state index contributed by atoms with van der Waals surface area (Å²) in [4.78, 5) is 23.8. The number of nitrogens with one attached hydrogen (secondary N) is 2. The van der Waals surface area contributed by atoms with Gasteiger partial charge in [-0.2, -0.15) is 18.3 Å². The summed E-state index contributed by atoms with van der Waals surface area (Å²) in [6.07, 6.45) is -3.20. The highest BCUT2D eigenvalue weighted by Gasteiger charge is 2.33. The highest BCUT2D eigenvalue weighted by atomic mass is 19.4. The van der Waals surface area contributed by atoms with Crippen molar-refractivity contribution in [2.75, 3.05) is 0 Å². The van der Waals surface area contributed by atoms with E-state index in [4.69, 9.17) is 0 Å². The number of aromatic nitrogens is 3. The fourth-order valence-corrected chi connectivity index (χ4v) is 3.05. The van der Waals surface area contributed by atoms with Crippen LogP contribution in [0.4, 0.5) is 13.2 Å².